The van der Waals surface area contributed by atoms with Crippen molar-refractivity contribution in [1.29, 1.82) is 5.41 Å². The first-order chi connectivity index (χ1) is 9.19. The Morgan fingerprint density at radius 3 is 1.63 bits per heavy atom. The maximum Gasteiger partial charge on any atom is 0.122 e. The second-order valence-electron chi connectivity index (χ2n) is 4.63. The number of rotatable bonds is 5. The van der Waals surface area contributed by atoms with Crippen LogP contribution in [0.15, 0.2) is 48.5 Å². The van der Waals surface area contributed by atoms with Crippen molar-refractivity contribution in [3.05, 3.63) is 70.8 Å². The first-order valence-corrected chi connectivity index (χ1v) is 6.40. The van der Waals surface area contributed by atoms with Crippen LogP contribution in [0.5, 0.6) is 0 Å². The van der Waals surface area contributed by atoms with E-state index in [1.165, 1.54) is 11.1 Å². The highest BCUT2D eigenvalue weighted by Crippen LogP contribution is 2.10. The van der Waals surface area contributed by atoms with E-state index in [0.29, 0.717) is 6.54 Å². The van der Waals surface area contributed by atoms with Crippen molar-refractivity contribution in [3.8, 4) is 0 Å². The van der Waals surface area contributed by atoms with Gasteiger partial charge >= 0.3 is 0 Å². The molecule has 0 radical (unpaired) electrons. The summed E-state index contributed by atoms with van der Waals surface area (Å²) in [6.07, 6.45) is 1.99. The fraction of sp³-hybridized carbons (Fsp3) is 0.188. The Morgan fingerprint density at radius 2 is 1.21 bits per heavy atom. The quantitative estimate of drug-likeness (QED) is 0.564. The number of benzene rings is 2. The Kier molecular flexibility index (Phi) is 4.31. The molecule has 0 heterocycles. The van der Waals surface area contributed by atoms with Crippen LogP contribution in [0.4, 0.5) is 0 Å². The van der Waals surface area contributed by atoms with Crippen LogP contribution in [0, 0.1) is 5.41 Å². The van der Waals surface area contributed by atoms with E-state index < -0.39 is 0 Å². The largest absolute Gasteiger partial charge is 0.384 e. The first-order valence-electron chi connectivity index (χ1n) is 6.40. The zero-order chi connectivity index (χ0) is 13.7. The van der Waals surface area contributed by atoms with Crippen LogP contribution in [0.25, 0.3) is 0 Å². The minimum absolute atomic E-state index is 0.115. The molecule has 2 aromatic carbocycles. The summed E-state index contributed by atoms with van der Waals surface area (Å²) in [7, 11) is 0. The van der Waals surface area contributed by atoms with Crippen molar-refractivity contribution in [2.45, 2.75) is 19.4 Å². The minimum atomic E-state index is 0.115. The van der Waals surface area contributed by atoms with Crippen LogP contribution in [-0.2, 0) is 19.4 Å². The van der Waals surface area contributed by atoms with Gasteiger partial charge in [-0.1, -0.05) is 48.5 Å². The summed E-state index contributed by atoms with van der Waals surface area (Å²) in [6.45, 7) is 0.590. The number of hydrogen-bond donors (Lipinski definition) is 3. The minimum Gasteiger partial charge on any atom is -0.384 e. The van der Waals surface area contributed by atoms with E-state index in [2.05, 4.69) is 24.3 Å². The van der Waals surface area contributed by atoms with E-state index in [1.807, 2.05) is 24.3 Å². The van der Waals surface area contributed by atoms with E-state index in [4.69, 9.17) is 16.9 Å². The predicted octanol–water partition coefficient (Wildman–Crippen LogP) is 2.21. The third-order valence-corrected chi connectivity index (χ3v) is 3.23. The fourth-order valence-electron chi connectivity index (χ4n) is 1.98. The van der Waals surface area contributed by atoms with Gasteiger partial charge in [-0.05, 0) is 29.5 Å². The van der Waals surface area contributed by atoms with Gasteiger partial charge in [0.05, 0.1) is 0 Å². The van der Waals surface area contributed by atoms with Gasteiger partial charge in [-0.3, -0.25) is 5.41 Å². The van der Waals surface area contributed by atoms with Crippen molar-refractivity contribution in [2.24, 2.45) is 11.5 Å². The van der Waals surface area contributed by atoms with E-state index in [9.17, 15) is 0 Å². The number of amidine groups is 1. The Hall–Kier alpha value is -2.13. The van der Waals surface area contributed by atoms with E-state index in [-0.39, 0.29) is 5.84 Å². The lowest BCUT2D eigenvalue weighted by atomic mass is 10.0. The average molecular weight is 253 g/mol. The van der Waals surface area contributed by atoms with E-state index in [1.54, 1.807) is 0 Å². The van der Waals surface area contributed by atoms with Crippen LogP contribution >= 0.6 is 0 Å². The molecule has 3 heteroatoms. The Morgan fingerprint density at radius 1 is 0.789 bits per heavy atom. The summed E-state index contributed by atoms with van der Waals surface area (Å²) >= 11 is 0. The van der Waals surface area contributed by atoms with Crippen LogP contribution < -0.4 is 11.5 Å². The number of nitrogens with two attached hydrogens (primary N) is 2. The van der Waals surface area contributed by atoms with Gasteiger partial charge in [-0.25, -0.2) is 0 Å². The Bertz CT molecular complexity index is 541. The molecule has 0 amide bonds. The summed E-state index contributed by atoms with van der Waals surface area (Å²) in [5.41, 5.74) is 15.5. The third-order valence-electron chi connectivity index (χ3n) is 3.23. The van der Waals surface area contributed by atoms with Crippen molar-refractivity contribution < 1.29 is 0 Å². The lowest BCUT2D eigenvalue weighted by Crippen LogP contribution is -2.10. The lowest BCUT2D eigenvalue weighted by molar-refractivity contribution is 0.955. The van der Waals surface area contributed by atoms with Gasteiger partial charge in [0, 0.05) is 12.1 Å². The van der Waals surface area contributed by atoms with Gasteiger partial charge in [0.2, 0.25) is 0 Å². The maximum atomic E-state index is 7.35. The predicted molar refractivity (Wildman–Crippen MR) is 79.2 cm³/mol. The molecule has 0 atom stereocenters. The molecule has 0 aliphatic rings. The molecule has 3 nitrogen and oxygen atoms in total. The van der Waals surface area contributed by atoms with Crippen molar-refractivity contribution in [2.75, 3.05) is 0 Å². The highest BCUT2D eigenvalue weighted by molar-refractivity contribution is 5.94. The molecule has 0 aliphatic heterocycles. The maximum absolute atomic E-state index is 7.35. The summed E-state index contributed by atoms with van der Waals surface area (Å²) in [6, 6.07) is 16.3. The second-order valence-corrected chi connectivity index (χ2v) is 4.63. The lowest BCUT2D eigenvalue weighted by Gasteiger charge is -2.05. The van der Waals surface area contributed by atoms with E-state index in [0.717, 1.165) is 24.0 Å². The molecule has 2 aromatic rings. The molecule has 0 aliphatic carbocycles. The van der Waals surface area contributed by atoms with Crippen molar-refractivity contribution in [1.82, 2.24) is 0 Å². The summed E-state index contributed by atoms with van der Waals surface area (Å²) < 4.78 is 0. The van der Waals surface area contributed by atoms with Crippen molar-refractivity contribution in [3.63, 3.8) is 0 Å². The summed E-state index contributed by atoms with van der Waals surface area (Å²) in [4.78, 5) is 0. The number of nitrogen functional groups attached to an aromatic ring is 1. The topological polar surface area (TPSA) is 75.9 Å². The van der Waals surface area contributed by atoms with Gasteiger partial charge in [-0.15, -0.1) is 0 Å². The molecule has 0 fully saturated rings. The number of hydrogen-bond acceptors (Lipinski definition) is 2. The van der Waals surface area contributed by atoms with Crippen LogP contribution in [0.1, 0.15) is 22.3 Å². The van der Waals surface area contributed by atoms with Crippen LogP contribution in [-0.4, -0.2) is 5.84 Å². The molecule has 0 unspecified atom stereocenters. The zero-order valence-corrected chi connectivity index (χ0v) is 10.9. The number of nitrogens with one attached hydrogen (secondary N) is 1. The van der Waals surface area contributed by atoms with E-state index >= 15 is 0 Å². The van der Waals surface area contributed by atoms with Crippen LogP contribution in [0.3, 0.4) is 0 Å². The standard InChI is InChI=1S/C16H19N3/c17-11-14-5-3-12(4-6-14)1-2-13-7-9-15(10-8-13)16(18)19/h3-10H,1-2,11,17H2,(H3,18,19). The molecule has 5 N–H and O–H groups in total. The van der Waals surface area contributed by atoms with Crippen LogP contribution in [0.2, 0.25) is 0 Å². The molecular formula is C16H19N3. The highest BCUT2D eigenvalue weighted by atomic mass is 14.7. The Balaban J connectivity index is 1.95. The summed E-state index contributed by atoms with van der Waals surface area (Å²) in [5, 5.41) is 7.35. The molecule has 0 aromatic heterocycles. The summed E-state index contributed by atoms with van der Waals surface area (Å²) in [5.74, 6) is 0.115. The van der Waals surface area contributed by atoms with Gasteiger partial charge in [-0.2, -0.15) is 0 Å². The SMILES string of the molecule is N=C(N)c1ccc(CCc2ccc(CN)cc2)cc1. The zero-order valence-electron chi connectivity index (χ0n) is 10.9. The normalized spacial score (nSPS) is 10.4. The smallest absolute Gasteiger partial charge is 0.122 e. The molecule has 19 heavy (non-hydrogen) atoms. The molecule has 0 saturated carbocycles. The number of aryl methyl sites for hydroxylation is 2. The molecular weight excluding hydrogens is 234 g/mol. The molecule has 0 spiro atoms. The van der Waals surface area contributed by atoms with Gasteiger partial charge in [0.1, 0.15) is 5.84 Å². The molecule has 0 bridgehead atoms. The van der Waals surface area contributed by atoms with Gasteiger partial charge in [0.15, 0.2) is 0 Å². The second kappa shape index (κ2) is 6.16. The molecule has 2 rings (SSSR count). The Labute approximate surface area is 113 Å². The fourth-order valence-corrected chi connectivity index (χ4v) is 1.98. The van der Waals surface area contributed by atoms with Gasteiger partial charge < -0.3 is 11.5 Å². The molecule has 98 valence electrons. The first kappa shape index (κ1) is 13.3. The van der Waals surface area contributed by atoms with Gasteiger partial charge in [0.25, 0.3) is 0 Å². The van der Waals surface area contributed by atoms with Crippen molar-refractivity contribution >= 4 is 5.84 Å². The highest BCUT2D eigenvalue weighted by Gasteiger charge is 1.99. The average Bonchev–Trinajstić information content (AvgIpc) is 2.46. The monoisotopic (exact) mass is 253 g/mol. The third kappa shape index (κ3) is 3.66. The molecule has 0 saturated heterocycles.